The van der Waals surface area contributed by atoms with Crippen LogP contribution in [-0.2, 0) is 11.3 Å². The molecule has 1 fully saturated rings. The SMILES string of the molecule is O=C(NCC1CCCN(C(=O)Cn2cnc3c(oc4ccccc43)c2=O)C1)Nc1cccc(F)c1. The number of carbonyl (C=O) groups is 2. The molecule has 0 spiro atoms. The number of carbonyl (C=O) groups excluding carboxylic acids is 2. The number of amides is 3. The van der Waals surface area contributed by atoms with Crippen LogP contribution in [0.15, 0.2) is 64.1 Å². The van der Waals surface area contributed by atoms with E-state index in [0.717, 1.165) is 18.2 Å². The summed E-state index contributed by atoms with van der Waals surface area (Å²) < 4.78 is 20.2. The fourth-order valence-electron chi connectivity index (χ4n) is 4.41. The Morgan fingerprint density at radius 2 is 2.03 bits per heavy atom. The first kappa shape index (κ1) is 22.6. The van der Waals surface area contributed by atoms with E-state index in [1.165, 1.54) is 29.1 Å². The molecule has 1 unspecified atom stereocenters. The zero-order chi connectivity index (χ0) is 24.4. The maximum absolute atomic E-state index is 13.3. The molecular formula is C25H24FN5O4. The molecule has 1 saturated heterocycles. The second kappa shape index (κ2) is 9.57. The predicted molar refractivity (Wildman–Crippen MR) is 129 cm³/mol. The highest BCUT2D eigenvalue weighted by Crippen LogP contribution is 2.24. The zero-order valence-electron chi connectivity index (χ0n) is 18.9. The van der Waals surface area contributed by atoms with Gasteiger partial charge < -0.3 is 20.0 Å². The molecule has 2 aromatic heterocycles. The Morgan fingerprint density at radius 1 is 1.17 bits per heavy atom. The van der Waals surface area contributed by atoms with Gasteiger partial charge in [-0.05, 0) is 49.1 Å². The summed E-state index contributed by atoms with van der Waals surface area (Å²) >= 11 is 0. The van der Waals surface area contributed by atoms with Gasteiger partial charge in [0.25, 0.3) is 5.56 Å². The van der Waals surface area contributed by atoms with E-state index < -0.39 is 17.4 Å². The van der Waals surface area contributed by atoms with Gasteiger partial charge in [0.15, 0.2) is 0 Å². The number of furan rings is 1. The molecule has 180 valence electrons. The Morgan fingerprint density at radius 3 is 2.89 bits per heavy atom. The summed E-state index contributed by atoms with van der Waals surface area (Å²) in [6, 6.07) is 12.5. The first-order valence-electron chi connectivity index (χ1n) is 11.4. The van der Waals surface area contributed by atoms with E-state index in [2.05, 4.69) is 15.6 Å². The van der Waals surface area contributed by atoms with Crippen molar-refractivity contribution in [2.45, 2.75) is 19.4 Å². The Balaban J connectivity index is 1.19. The van der Waals surface area contributed by atoms with Gasteiger partial charge in [-0.1, -0.05) is 18.2 Å². The molecule has 5 rings (SSSR count). The van der Waals surface area contributed by atoms with Crippen molar-refractivity contribution >= 4 is 39.7 Å². The largest absolute Gasteiger partial charge is 0.448 e. The van der Waals surface area contributed by atoms with E-state index in [0.29, 0.717) is 36.4 Å². The highest BCUT2D eigenvalue weighted by Gasteiger charge is 2.25. The van der Waals surface area contributed by atoms with Crippen LogP contribution >= 0.6 is 0 Å². The second-order valence-electron chi connectivity index (χ2n) is 8.65. The Labute approximate surface area is 199 Å². The lowest BCUT2D eigenvalue weighted by Crippen LogP contribution is -2.46. The number of benzene rings is 2. The lowest BCUT2D eigenvalue weighted by Gasteiger charge is -2.33. The van der Waals surface area contributed by atoms with Gasteiger partial charge in [-0.3, -0.25) is 14.2 Å². The van der Waals surface area contributed by atoms with Gasteiger partial charge in [-0.25, -0.2) is 14.2 Å². The summed E-state index contributed by atoms with van der Waals surface area (Å²) in [5, 5.41) is 6.13. The minimum atomic E-state index is -0.434. The van der Waals surface area contributed by atoms with Crippen LogP contribution in [0.5, 0.6) is 0 Å². The number of urea groups is 1. The third-order valence-corrected chi connectivity index (χ3v) is 6.16. The van der Waals surface area contributed by atoms with Gasteiger partial charge in [-0.15, -0.1) is 0 Å². The van der Waals surface area contributed by atoms with Crippen molar-refractivity contribution in [2.24, 2.45) is 5.92 Å². The standard InChI is InChI=1S/C25H24FN5O4/c26-17-6-3-7-18(11-17)29-25(34)27-12-16-5-4-10-30(13-16)21(32)14-31-15-28-22-19-8-1-2-9-20(19)35-23(22)24(31)33/h1-3,6-9,11,15-16H,4-5,10,12-14H2,(H2,27,29,34). The van der Waals surface area contributed by atoms with Crippen molar-refractivity contribution in [3.8, 4) is 0 Å². The van der Waals surface area contributed by atoms with Gasteiger partial charge in [-0.2, -0.15) is 0 Å². The number of anilines is 1. The summed E-state index contributed by atoms with van der Waals surface area (Å²) in [6.07, 6.45) is 3.03. The lowest BCUT2D eigenvalue weighted by molar-refractivity contribution is -0.133. The Bertz CT molecular complexity index is 1460. The molecular weight excluding hydrogens is 453 g/mol. The van der Waals surface area contributed by atoms with Crippen molar-refractivity contribution in [3.05, 3.63) is 71.0 Å². The molecule has 1 aliphatic heterocycles. The number of aromatic nitrogens is 2. The van der Waals surface area contributed by atoms with Crippen LogP contribution in [0, 0.1) is 11.7 Å². The van der Waals surface area contributed by atoms with Gasteiger partial charge in [0, 0.05) is 30.7 Å². The molecule has 4 aromatic rings. The van der Waals surface area contributed by atoms with Crippen molar-refractivity contribution in [1.29, 1.82) is 0 Å². The smallest absolute Gasteiger partial charge is 0.319 e. The fraction of sp³-hybridized carbons (Fsp3) is 0.280. The van der Waals surface area contributed by atoms with Crippen molar-refractivity contribution in [1.82, 2.24) is 19.8 Å². The number of likely N-dealkylation sites (tertiary alicyclic amines) is 1. The van der Waals surface area contributed by atoms with E-state index in [1.807, 2.05) is 18.2 Å². The van der Waals surface area contributed by atoms with Crippen LogP contribution in [0.2, 0.25) is 0 Å². The first-order chi connectivity index (χ1) is 17.0. The van der Waals surface area contributed by atoms with Crippen molar-refractivity contribution in [2.75, 3.05) is 25.0 Å². The molecule has 1 aliphatic rings. The van der Waals surface area contributed by atoms with Crippen LogP contribution in [0.4, 0.5) is 14.9 Å². The van der Waals surface area contributed by atoms with Crippen LogP contribution in [0.1, 0.15) is 12.8 Å². The minimum Gasteiger partial charge on any atom is -0.448 e. The first-order valence-corrected chi connectivity index (χ1v) is 11.4. The summed E-state index contributed by atoms with van der Waals surface area (Å²) in [7, 11) is 0. The number of piperidine rings is 1. The highest BCUT2D eigenvalue weighted by atomic mass is 19.1. The zero-order valence-corrected chi connectivity index (χ0v) is 18.9. The number of rotatable bonds is 5. The number of hydrogen-bond donors (Lipinski definition) is 2. The molecule has 0 saturated carbocycles. The predicted octanol–water partition coefficient (Wildman–Crippen LogP) is 3.34. The maximum atomic E-state index is 13.3. The topological polar surface area (TPSA) is 109 Å². The van der Waals surface area contributed by atoms with Gasteiger partial charge >= 0.3 is 6.03 Å². The van der Waals surface area contributed by atoms with E-state index >= 15 is 0 Å². The molecule has 2 aromatic carbocycles. The summed E-state index contributed by atoms with van der Waals surface area (Å²) in [5.41, 5.74) is 1.15. The quantitative estimate of drug-likeness (QED) is 0.458. The lowest BCUT2D eigenvalue weighted by atomic mass is 9.98. The molecule has 1 atom stereocenters. The molecule has 9 nitrogen and oxygen atoms in total. The van der Waals surface area contributed by atoms with Crippen molar-refractivity contribution < 1.29 is 18.4 Å². The van der Waals surface area contributed by atoms with Crippen LogP contribution in [0.25, 0.3) is 22.1 Å². The molecule has 2 N–H and O–H groups in total. The fourth-order valence-corrected chi connectivity index (χ4v) is 4.41. The third kappa shape index (κ3) is 4.86. The number of nitrogens with one attached hydrogen (secondary N) is 2. The molecule has 0 bridgehead atoms. The van der Waals surface area contributed by atoms with E-state index in [9.17, 15) is 18.8 Å². The molecule has 0 radical (unpaired) electrons. The van der Waals surface area contributed by atoms with E-state index in [1.54, 1.807) is 17.0 Å². The minimum absolute atomic E-state index is 0.0682. The highest BCUT2D eigenvalue weighted by molar-refractivity contribution is 6.01. The average molecular weight is 477 g/mol. The third-order valence-electron chi connectivity index (χ3n) is 6.16. The van der Waals surface area contributed by atoms with Gasteiger partial charge in [0.2, 0.25) is 11.5 Å². The van der Waals surface area contributed by atoms with E-state index in [4.69, 9.17) is 4.42 Å². The number of halogens is 1. The average Bonchev–Trinajstić information content (AvgIpc) is 3.24. The molecule has 35 heavy (non-hydrogen) atoms. The molecule has 10 heteroatoms. The Kier molecular flexibility index (Phi) is 6.17. The normalized spacial score (nSPS) is 15.9. The van der Waals surface area contributed by atoms with Crippen LogP contribution in [-0.4, -0.2) is 46.0 Å². The summed E-state index contributed by atoms with van der Waals surface area (Å²) in [6.45, 7) is 1.28. The van der Waals surface area contributed by atoms with Crippen LogP contribution < -0.4 is 16.2 Å². The van der Waals surface area contributed by atoms with Gasteiger partial charge in [0.1, 0.15) is 23.5 Å². The number of hydrogen-bond acceptors (Lipinski definition) is 5. The van der Waals surface area contributed by atoms with Gasteiger partial charge in [0.05, 0.1) is 6.33 Å². The number of para-hydroxylation sites is 1. The monoisotopic (exact) mass is 477 g/mol. The summed E-state index contributed by atoms with van der Waals surface area (Å²) in [5.74, 6) is -0.560. The van der Waals surface area contributed by atoms with E-state index in [-0.39, 0.29) is 24.0 Å². The van der Waals surface area contributed by atoms with Crippen LogP contribution in [0.3, 0.4) is 0 Å². The maximum Gasteiger partial charge on any atom is 0.319 e. The summed E-state index contributed by atoms with van der Waals surface area (Å²) in [4.78, 5) is 44.1. The molecule has 3 heterocycles. The van der Waals surface area contributed by atoms with Crippen molar-refractivity contribution in [3.63, 3.8) is 0 Å². The molecule has 3 amide bonds. The Hall–Kier alpha value is -4.21. The number of nitrogens with zero attached hydrogens (tertiary/aromatic N) is 3. The molecule has 0 aliphatic carbocycles. The number of fused-ring (bicyclic) bond motifs is 3. The second-order valence-corrected chi connectivity index (χ2v) is 8.65.